The molecule has 0 heterocycles. The Kier molecular flexibility index (Phi) is 3.06. The second-order valence-corrected chi connectivity index (χ2v) is 3.94. The van der Waals surface area contributed by atoms with E-state index in [0.717, 1.165) is 0 Å². The Morgan fingerprint density at radius 3 is 1.60 bits per heavy atom. The summed E-state index contributed by atoms with van der Waals surface area (Å²) in [5.41, 5.74) is 0. The molecule has 0 saturated carbocycles. The average molecular weight is 230 g/mol. The smallest absolute Gasteiger partial charge is 0.346 e. The van der Waals surface area contributed by atoms with E-state index in [-0.39, 0.29) is 0 Å². The number of carbonyl (C=O) groups is 1. The number of aliphatic carboxylic acids is 1. The summed E-state index contributed by atoms with van der Waals surface area (Å²) in [6, 6.07) is 0. The monoisotopic (exact) mass is 228 g/mol. The molecule has 0 aliphatic heterocycles. The molecule has 0 radical (unpaired) electrons. The molecular weight excluding hydrogens is 229 g/mol. The molecule has 0 unspecified atom stereocenters. The van der Waals surface area contributed by atoms with Crippen LogP contribution in [0, 0.1) is 0 Å². The van der Waals surface area contributed by atoms with Gasteiger partial charge in [-0.2, -0.15) is 0 Å². The molecule has 0 amide bonds. The predicted octanol–water partition coefficient (Wildman–Crippen LogP) is 2.35. The van der Waals surface area contributed by atoms with Crippen LogP contribution >= 0.6 is 46.4 Å². The molecule has 0 fully saturated rings. The van der Waals surface area contributed by atoms with E-state index in [9.17, 15) is 9.18 Å². The zero-order valence-electron chi connectivity index (χ0n) is 4.25. The van der Waals surface area contributed by atoms with E-state index in [4.69, 9.17) is 28.3 Å². The van der Waals surface area contributed by atoms with Crippen LogP contribution in [0.15, 0.2) is 0 Å². The number of halogens is 5. The Labute approximate surface area is 75.8 Å². The van der Waals surface area contributed by atoms with Gasteiger partial charge < -0.3 is 5.11 Å². The van der Waals surface area contributed by atoms with Crippen LogP contribution in [-0.2, 0) is 4.79 Å². The van der Waals surface area contributed by atoms with E-state index in [1.54, 1.807) is 0 Å². The third-order valence-corrected chi connectivity index (χ3v) is 2.42. The fraction of sp³-hybridized carbons (Fsp3) is 0.667. The quantitative estimate of drug-likeness (QED) is 0.739. The second kappa shape index (κ2) is 2.89. The summed E-state index contributed by atoms with van der Waals surface area (Å²) in [7, 11) is 0. The highest BCUT2D eigenvalue weighted by atomic mass is 35.5. The Hall–Kier alpha value is 0.560. The molecule has 0 aromatic heterocycles. The van der Waals surface area contributed by atoms with Gasteiger partial charge in [0.2, 0.25) is 0 Å². The number of carboxylic acids is 1. The van der Waals surface area contributed by atoms with Gasteiger partial charge in [0, 0.05) is 0 Å². The number of rotatable bonds is 2. The third kappa shape index (κ3) is 2.02. The van der Waals surface area contributed by atoms with Gasteiger partial charge in [-0.1, -0.05) is 46.4 Å². The highest BCUT2D eigenvalue weighted by Gasteiger charge is 2.54. The fourth-order valence-corrected chi connectivity index (χ4v) is 0.283. The SMILES string of the molecule is O=C(O)C(Cl)(Cl)C(F)(Cl)Cl. The molecule has 0 atom stereocenters. The van der Waals surface area contributed by atoms with Crippen molar-refractivity contribution >= 4 is 52.4 Å². The van der Waals surface area contributed by atoms with E-state index in [1.807, 2.05) is 0 Å². The first-order chi connectivity index (χ1) is 4.19. The van der Waals surface area contributed by atoms with Crippen molar-refractivity contribution in [1.82, 2.24) is 0 Å². The van der Waals surface area contributed by atoms with Gasteiger partial charge in [0.25, 0.3) is 4.33 Å². The molecule has 60 valence electrons. The largest absolute Gasteiger partial charge is 0.479 e. The molecule has 0 spiro atoms. The first-order valence-electron chi connectivity index (χ1n) is 1.87. The minimum atomic E-state index is -3.21. The van der Waals surface area contributed by atoms with E-state index >= 15 is 0 Å². The van der Waals surface area contributed by atoms with Crippen molar-refractivity contribution in [3.63, 3.8) is 0 Å². The van der Waals surface area contributed by atoms with Crippen molar-refractivity contribution < 1.29 is 14.3 Å². The van der Waals surface area contributed by atoms with E-state index < -0.39 is 14.9 Å². The van der Waals surface area contributed by atoms with Gasteiger partial charge in [0.15, 0.2) is 0 Å². The van der Waals surface area contributed by atoms with Gasteiger partial charge >= 0.3 is 10.6 Å². The zero-order valence-corrected chi connectivity index (χ0v) is 7.27. The standard InChI is InChI=1S/C3HCl4FO2/c4-2(5,1(9)10)3(6,7)8/h(H,9,10). The molecule has 0 bridgehead atoms. The van der Waals surface area contributed by atoms with Gasteiger partial charge in [-0.05, 0) is 0 Å². The fourth-order valence-electron chi connectivity index (χ4n) is 0.121. The highest BCUT2D eigenvalue weighted by molar-refractivity contribution is 6.67. The summed E-state index contributed by atoms with van der Waals surface area (Å²) in [5, 5.41) is 8.10. The lowest BCUT2D eigenvalue weighted by molar-refractivity contribution is -0.138. The van der Waals surface area contributed by atoms with Crippen LogP contribution in [-0.4, -0.2) is 20.0 Å². The summed E-state index contributed by atoms with van der Waals surface area (Å²) >= 11 is 19.1. The van der Waals surface area contributed by atoms with Crippen molar-refractivity contribution in [1.29, 1.82) is 0 Å². The molecule has 7 heteroatoms. The Bertz CT molecular complexity index is 151. The van der Waals surface area contributed by atoms with Crippen LogP contribution in [0.4, 0.5) is 4.39 Å². The van der Waals surface area contributed by atoms with Crippen molar-refractivity contribution in [2.45, 2.75) is 8.92 Å². The van der Waals surface area contributed by atoms with Gasteiger partial charge in [-0.15, -0.1) is 0 Å². The molecule has 10 heavy (non-hydrogen) atoms. The average Bonchev–Trinajstić information content (AvgIpc) is 1.62. The van der Waals surface area contributed by atoms with E-state index in [1.165, 1.54) is 0 Å². The summed E-state index contributed by atoms with van der Waals surface area (Å²) in [4.78, 5) is 9.99. The molecule has 0 aliphatic rings. The van der Waals surface area contributed by atoms with Crippen LogP contribution in [0.1, 0.15) is 0 Å². The first-order valence-corrected chi connectivity index (χ1v) is 3.38. The van der Waals surface area contributed by atoms with E-state index in [0.29, 0.717) is 0 Å². The molecule has 0 saturated heterocycles. The van der Waals surface area contributed by atoms with Crippen molar-refractivity contribution in [2.24, 2.45) is 0 Å². The Balaban J connectivity index is 4.57. The van der Waals surface area contributed by atoms with Crippen molar-refractivity contribution in [3.05, 3.63) is 0 Å². The maximum Gasteiger partial charge on any atom is 0.346 e. The Morgan fingerprint density at radius 1 is 1.30 bits per heavy atom. The minimum absolute atomic E-state index is 1.84. The van der Waals surface area contributed by atoms with Gasteiger partial charge in [-0.25, -0.2) is 9.18 Å². The molecular formula is C3HCl4FO2. The number of hydrogen-bond acceptors (Lipinski definition) is 1. The predicted molar refractivity (Wildman–Crippen MR) is 37.6 cm³/mol. The van der Waals surface area contributed by atoms with Gasteiger partial charge in [0.1, 0.15) is 0 Å². The summed E-state index contributed by atoms with van der Waals surface area (Å²) in [6.45, 7) is 0. The van der Waals surface area contributed by atoms with Gasteiger partial charge in [0.05, 0.1) is 0 Å². The summed E-state index contributed by atoms with van der Waals surface area (Å²) < 4.78 is 6.26. The molecule has 0 aromatic carbocycles. The molecule has 0 aromatic rings. The topological polar surface area (TPSA) is 37.3 Å². The van der Waals surface area contributed by atoms with Crippen LogP contribution in [0.2, 0.25) is 0 Å². The maximum absolute atomic E-state index is 12.3. The van der Waals surface area contributed by atoms with E-state index in [2.05, 4.69) is 23.2 Å². The van der Waals surface area contributed by atoms with Crippen molar-refractivity contribution in [3.8, 4) is 0 Å². The normalized spacial score (nSPS) is 13.3. The third-order valence-electron chi connectivity index (χ3n) is 0.625. The first kappa shape index (κ1) is 10.6. The second-order valence-electron chi connectivity index (χ2n) is 1.38. The number of carboxylic acid groups (broad SMARTS) is 1. The van der Waals surface area contributed by atoms with Crippen LogP contribution in [0.3, 0.4) is 0 Å². The summed E-state index contributed by atoms with van der Waals surface area (Å²) in [6.07, 6.45) is 0. The van der Waals surface area contributed by atoms with Crippen LogP contribution in [0.5, 0.6) is 0 Å². The summed E-state index contributed by atoms with van der Waals surface area (Å²) in [5.74, 6) is -1.84. The highest BCUT2D eigenvalue weighted by Crippen LogP contribution is 2.43. The lowest BCUT2D eigenvalue weighted by Gasteiger charge is -2.20. The van der Waals surface area contributed by atoms with Crippen molar-refractivity contribution in [2.75, 3.05) is 0 Å². The molecule has 0 rings (SSSR count). The van der Waals surface area contributed by atoms with Gasteiger partial charge in [-0.3, -0.25) is 0 Å². The lowest BCUT2D eigenvalue weighted by Crippen LogP contribution is -2.40. The maximum atomic E-state index is 12.3. The van der Waals surface area contributed by atoms with Crippen LogP contribution in [0.25, 0.3) is 0 Å². The molecule has 2 nitrogen and oxygen atoms in total. The number of hydrogen-bond donors (Lipinski definition) is 1. The molecule has 0 aliphatic carbocycles. The minimum Gasteiger partial charge on any atom is -0.479 e. The lowest BCUT2D eigenvalue weighted by atomic mass is 10.4. The molecule has 1 N–H and O–H groups in total. The zero-order chi connectivity index (χ0) is 8.58. The Morgan fingerprint density at radius 2 is 1.60 bits per heavy atom. The number of alkyl halides is 5. The van der Waals surface area contributed by atoms with Crippen LogP contribution < -0.4 is 0 Å².